The number of rotatable bonds is 6. The van der Waals surface area contributed by atoms with Gasteiger partial charge in [0.15, 0.2) is 0 Å². The van der Waals surface area contributed by atoms with Gasteiger partial charge in [-0.3, -0.25) is 0 Å². The van der Waals surface area contributed by atoms with E-state index in [2.05, 4.69) is 5.32 Å². The molecular formula is C18H25NO5. The number of alkyl carbamates (subject to hydrolysis) is 1. The Balaban J connectivity index is 1.78. The van der Waals surface area contributed by atoms with E-state index in [4.69, 9.17) is 9.47 Å². The number of carbonyl (C=O) groups is 2. The standard InChI is InChI=1S/C18H25NO5/c1-18(2,3)24-17(22)19-15(16(20)21)13-9-14(10-13)23-11-12-7-5-4-6-8-12/h4-8,13-15H,9-11H2,1-3H3,(H,19,22)(H,20,21). The summed E-state index contributed by atoms with van der Waals surface area (Å²) < 4.78 is 10.9. The number of hydrogen-bond acceptors (Lipinski definition) is 4. The van der Waals surface area contributed by atoms with E-state index >= 15 is 0 Å². The van der Waals surface area contributed by atoms with Crippen LogP contribution >= 0.6 is 0 Å². The van der Waals surface area contributed by atoms with Crippen LogP contribution in [0.15, 0.2) is 30.3 Å². The van der Waals surface area contributed by atoms with Crippen molar-refractivity contribution in [3.63, 3.8) is 0 Å². The van der Waals surface area contributed by atoms with E-state index in [-0.39, 0.29) is 12.0 Å². The molecule has 0 radical (unpaired) electrons. The summed E-state index contributed by atoms with van der Waals surface area (Å²) >= 11 is 0. The Morgan fingerprint density at radius 1 is 1.25 bits per heavy atom. The van der Waals surface area contributed by atoms with Crippen molar-refractivity contribution in [2.24, 2.45) is 5.92 Å². The van der Waals surface area contributed by atoms with E-state index < -0.39 is 23.7 Å². The van der Waals surface area contributed by atoms with Crippen molar-refractivity contribution in [3.8, 4) is 0 Å². The third kappa shape index (κ3) is 5.53. The van der Waals surface area contributed by atoms with Gasteiger partial charge in [0.2, 0.25) is 0 Å². The van der Waals surface area contributed by atoms with Crippen LogP contribution in [0.1, 0.15) is 39.2 Å². The van der Waals surface area contributed by atoms with Crippen LogP contribution in [0.3, 0.4) is 0 Å². The van der Waals surface area contributed by atoms with E-state index in [1.54, 1.807) is 20.8 Å². The van der Waals surface area contributed by atoms with Gasteiger partial charge in [0.05, 0.1) is 12.7 Å². The van der Waals surface area contributed by atoms with E-state index in [0.29, 0.717) is 19.4 Å². The van der Waals surface area contributed by atoms with Crippen LogP contribution < -0.4 is 5.32 Å². The highest BCUT2D eigenvalue weighted by Crippen LogP contribution is 2.33. The molecule has 1 atom stereocenters. The van der Waals surface area contributed by atoms with Crippen LogP contribution in [-0.4, -0.2) is 34.9 Å². The second kappa shape index (κ2) is 7.66. The summed E-state index contributed by atoms with van der Waals surface area (Å²) in [5, 5.41) is 11.8. The highest BCUT2D eigenvalue weighted by molar-refractivity contribution is 5.80. The predicted octanol–water partition coefficient (Wildman–Crippen LogP) is 2.96. The first kappa shape index (κ1) is 18.3. The summed E-state index contributed by atoms with van der Waals surface area (Å²) in [5.41, 5.74) is 0.427. The molecule has 1 aromatic rings. The summed E-state index contributed by atoms with van der Waals surface area (Å²) in [6.45, 7) is 5.72. The predicted molar refractivity (Wildman–Crippen MR) is 88.5 cm³/mol. The van der Waals surface area contributed by atoms with Crippen molar-refractivity contribution in [2.75, 3.05) is 0 Å². The molecule has 2 rings (SSSR count). The van der Waals surface area contributed by atoms with Crippen LogP contribution in [0.4, 0.5) is 4.79 Å². The van der Waals surface area contributed by atoms with Gasteiger partial charge in [-0.05, 0) is 45.1 Å². The van der Waals surface area contributed by atoms with E-state index in [9.17, 15) is 14.7 Å². The van der Waals surface area contributed by atoms with Gasteiger partial charge in [0.1, 0.15) is 11.6 Å². The largest absolute Gasteiger partial charge is 0.480 e. The Bertz CT molecular complexity index is 561. The number of nitrogens with one attached hydrogen (secondary N) is 1. The van der Waals surface area contributed by atoms with Gasteiger partial charge >= 0.3 is 12.1 Å². The minimum absolute atomic E-state index is 0.0255. The maximum absolute atomic E-state index is 11.8. The average molecular weight is 335 g/mol. The summed E-state index contributed by atoms with van der Waals surface area (Å²) in [6.07, 6.45) is 0.542. The van der Waals surface area contributed by atoms with Gasteiger partial charge in [-0.2, -0.15) is 0 Å². The normalized spacial score (nSPS) is 21.5. The zero-order valence-electron chi connectivity index (χ0n) is 14.3. The van der Waals surface area contributed by atoms with Crippen molar-refractivity contribution in [2.45, 2.75) is 58.0 Å². The minimum Gasteiger partial charge on any atom is -0.480 e. The van der Waals surface area contributed by atoms with Crippen LogP contribution in [0.5, 0.6) is 0 Å². The smallest absolute Gasteiger partial charge is 0.408 e. The number of carboxylic acids is 1. The van der Waals surface area contributed by atoms with E-state index in [1.807, 2.05) is 30.3 Å². The molecule has 1 saturated carbocycles. The number of carboxylic acid groups (broad SMARTS) is 1. The monoisotopic (exact) mass is 335 g/mol. The van der Waals surface area contributed by atoms with Crippen LogP contribution in [0, 0.1) is 5.92 Å². The lowest BCUT2D eigenvalue weighted by Crippen LogP contribution is -2.52. The molecule has 0 aliphatic heterocycles. The molecule has 0 spiro atoms. The number of hydrogen-bond donors (Lipinski definition) is 2. The van der Waals surface area contributed by atoms with Crippen molar-refractivity contribution >= 4 is 12.1 Å². The molecule has 24 heavy (non-hydrogen) atoms. The van der Waals surface area contributed by atoms with Gasteiger partial charge in [-0.15, -0.1) is 0 Å². The molecule has 1 fully saturated rings. The molecule has 0 saturated heterocycles. The second-order valence-corrected chi connectivity index (χ2v) is 7.11. The van der Waals surface area contributed by atoms with Crippen molar-refractivity contribution in [1.29, 1.82) is 0 Å². The first-order valence-electron chi connectivity index (χ1n) is 8.12. The molecule has 6 nitrogen and oxygen atoms in total. The van der Waals surface area contributed by atoms with Crippen molar-refractivity contribution in [1.82, 2.24) is 5.32 Å². The molecule has 2 N–H and O–H groups in total. The SMILES string of the molecule is CC(C)(C)OC(=O)NC(C(=O)O)C1CC(OCc2ccccc2)C1. The van der Waals surface area contributed by atoms with Gasteiger partial charge < -0.3 is 19.9 Å². The number of amides is 1. The zero-order valence-corrected chi connectivity index (χ0v) is 14.3. The molecule has 0 heterocycles. The van der Waals surface area contributed by atoms with Crippen LogP contribution in [-0.2, 0) is 20.9 Å². The summed E-state index contributed by atoms with van der Waals surface area (Å²) in [4.78, 5) is 23.2. The van der Waals surface area contributed by atoms with Gasteiger partial charge in [-0.25, -0.2) is 9.59 Å². The topological polar surface area (TPSA) is 84.9 Å². The van der Waals surface area contributed by atoms with Gasteiger partial charge in [0.25, 0.3) is 0 Å². The van der Waals surface area contributed by atoms with Gasteiger partial charge in [-0.1, -0.05) is 30.3 Å². The molecule has 1 amide bonds. The van der Waals surface area contributed by atoms with Crippen molar-refractivity contribution in [3.05, 3.63) is 35.9 Å². The fourth-order valence-electron chi connectivity index (χ4n) is 2.62. The molecule has 0 aromatic heterocycles. The quantitative estimate of drug-likeness (QED) is 0.835. The Morgan fingerprint density at radius 3 is 2.42 bits per heavy atom. The summed E-state index contributed by atoms with van der Waals surface area (Å²) in [7, 11) is 0. The lowest BCUT2D eigenvalue weighted by molar-refractivity contribution is -0.144. The zero-order chi connectivity index (χ0) is 17.7. The maximum Gasteiger partial charge on any atom is 0.408 e. The molecule has 1 unspecified atom stereocenters. The Hall–Kier alpha value is -2.08. The summed E-state index contributed by atoms with van der Waals surface area (Å²) in [6, 6.07) is 8.88. The molecule has 1 aromatic carbocycles. The highest BCUT2D eigenvalue weighted by Gasteiger charge is 2.40. The Labute approximate surface area is 142 Å². The first-order chi connectivity index (χ1) is 11.2. The third-order valence-corrected chi connectivity index (χ3v) is 3.87. The van der Waals surface area contributed by atoms with Crippen LogP contribution in [0.25, 0.3) is 0 Å². The highest BCUT2D eigenvalue weighted by atomic mass is 16.6. The first-order valence-corrected chi connectivity index (χ1v) is 8.12. The van der Waals surface area contributed by atoms with Gasteiger partial charge in [0, 0.05) is 0 Å². The molecule has 1 aliphatic carbocycles. The minimum atomic E-state index is -1.05. The molecule has 6 heteroatoms. The lowest BCUT2D eigenvalue weighted by Gasteiger charge is -2.38. The van der Waals surface area contributed by atoms with Crippen molar-refractivity contribution < 1.29 is 24.2 Å². The van der Waals surface area contributed by atoms with E-state index in [1.165, 1.54) is 0 Å². The van der Waals surface area contributed by atoms with E-state index in [0.717, 1.165) is 5.56 Å². The molecule has 0 bridgehead atoms. The lowest BCUT2D eigenvalue weighted by atomic mass is 9.77. The Morgan fingerprint density at radius 2 is 1.88 bits per heavy atom. The number of ether oxygens (including phenoxy) is 2. The third-order valence-electron chi connectivity index (χ3n) is 3.87. The molecular weight excluding hydrogens is 310 g/mol. The number of carbonyl (C=O) groups excluding carboxylic acids is 1. The number of benzene rings is 1. The maximum atomic E-state index is 11.8. The fraction of sp³-hybridized carbons (Fsp3) is 0.556. The Kier molecular flexibility index (Phi) is 5.83. The molecule has 1 aliphatic rings. The summed E-state index contributed by atoms with van der Waals surface area (Å²) in [5.74, 6) is -1.19. The number of aliphatic carboxylic acids is 1. The molecule has 132 valence electrons. The second-order valence-electron chi connectivity index (χ2n) is 7.11. The van der Waals surface area contributed by atoms with Crippen LogP contribution in [0.2, 0.25) is 0 Å². The average Bonchev–Trinajstić information content (AvgIpc) is 2.43. The fourth-order valence-corrected chi connectivity index (χ4v) is 2.62.